The van der Waals surface area contributed by atoms with Crippen LogP contribution in [0, 0.1) is 0 Å². The molecule has 0 spiro atoms. The van der Waals surface area contributed by atoms with Crippen molar-refractivity contribution >= 4 is 0 Å². The van der Waals surface area contributed by atoms with Gasteiger partial charge >= 0.3 is 0 Å². The third-order valence-electron chi connectivity index (χ3n) is 1.88. The van der Waals surface area contributed by atoms with Crippen molar-refractivity contribution in [3.63, 3.8) is 0 Å². The monoisotopic (exact) mass is 174 g/mol. The maximum Gasteiger partial charge on any atom is 0.0462 e. The minimum Gasteiger partial charge on any atom is -0.385 e. The van der Waals surface area contributed by atoms with E-state index in [1.807, 2.05) is 0 Å². The third-order valence-corrected chi connectivity index (χ3v) is 1.88. The predicted octanol–water partition coefficient (Wildman–Crippen LogP) is 0.694. The Morgan fingerprint density at radius 3 is 2.42 bits per heavy atom. The van der Waals surface area contributed by atoms with Gasteiger partial charge in [0.05, 0.1) is 0 Å². The normalized spacial score (nSPS) is 11.0. The molecule has 0 rings (SSSR count). The van der Waals surface area contributed by atoms with Gasteiger partial charge in [-0.15, -0.1) is 0 Å². The Kier molecular flexibility index (Phi) is 8.88. The summed E-state index contributed by atoms with van der Waals surface area (Å²) in [7, 11) is 3.89. The van der Waals surface area contributed by atoms with Gasteiger partial charge in [-0.3, -0.25) is 0 Å². The Morgan fingerprint density at radius 2 is 1.83 bits per heavy atom. The van der Waals surface area contributed by atoms with Crippen molar-refractivity contribution in [3.05, 3.63) is 0 Å². The van der Waals surface area contributed by atoms with Gasteiger partial charge in [-0.1, -0.05) is 0 Å². The molecule has 0 saturated heterocycles. The standard InChI is InChI=1S/C9H22N2O/c1-11(8-5-6-10)7-3-4-9-12-2/h3-10H2,1-2H3. The molecule has 0 aliphatic rings. The number of nitrogens with two attached hydrogens (primary N) is 1. The number of rotatable bonds is 8. The molecule has 0 aromatic carbocycles. The number of ether oxygens (including phenoxy) is 1. The highest BCUT2D eigenvalue weighted by molar-refractivity contribution is 4.52. The second kappa shape index (κ2) is 8.97. The minimum atomic E-state index is 0.794. The molecular weight excluding hydrogens is 152 g/mol. The Bertz CT molecular complexity index is 88.6. The lowest BCUT2D eigenvalue weighted by Gasteiger charge is -2.15. The summed E-state index contributed by atoms with van der Waals surface area (Å²) in [6, 6.07) is 0. The fourth-order valence-electron chi connectivity index (χ4n) is 1.10. The molecular formula is C9H22N2O. The lowest BCUT2D eigenvalue weighted by Crippen LogP contribution is -2.23. The van der Waals surface area contributed by atoms with Crippen LogP contribution < -0.4 is 5.73 Å². The van der Waals surface area contributed by atoms with E-state index in [9.17, 15) is 0 Å². The molecule has 0 saturated carbocycles. The van der Waals surface area contributed by atoms with Gasteiger partial charge in [0.2, 0.25) is 0 Å². The molecule has 3 heteroatoms. The van der Waals surface area contributed by atoms with E-state index in [1.54, 1.807) is 7.11 Å². The van der Waals surface area contributed by atoms with Gasteiger partial charge in [0.25, 0.3) is 0 Å². The van der Waals surface area contributed by atoms with E-state index >= 15 is 0 Å². The smallest absolute Gasteiger partial charge is 0.0462 e. The van der Waals surface area contributed by atoms with E-state index in [0.717, 1.165) is 39.1 Å². The van der Waals surface area contributed by atoms with E-state index in [2.05, 4.69) is 11.9 Å². The maximum absolute atomic E-state index is 5.41. The summed E-state index contributed by atoms with van der Waals surface area (Å²) in [5.41, 5.74) is 5.41. The molecule has 0 aliphatic heterocycles. The second-order valence-electron chi connectivity index (χ2n) is 3.15. The van der Waals surface area contributed by atoms with Crippen LogP contribution in [0.3, 0.4) is 0 Å². The summed E-state index contributed by atoms with van der Waals surface area (Å²) in [4.78, 5) is 2.32. The highest BCUT2D eigenvalue weighted by Gasteiger charge is 1.96. The SMILES string of the molecule is COCCCCN(C)CCCN. The van der Waals surface area contributed by atoms with Crippen molar-refractivity contribution in [2.24, 2.45) is 5.73 Å². The Hall–Kier alpha value is -0.120. The molecule has 0 aromatic rings. The highest BCUT2D eigenvalue weighted by Crippen LogP contribution is 1.93. The first-order chi connectivity index (χ1) is 5.81. The first kappa shape index (κ1) is 11.9. The molecule has 2 N–H and O–H groups in total. The van der Waals surface area contributed by atoms with Crippen LogP contribution in [0.5, 0.6) is 0 Å². The molecule has 0 bridgehead atoms. The molecule has 0 aromatic heterocycles. The fraction of sp³-hybridized carbons (Fsp3) is 1.00. The van der Waals surface area contributed by atoms with Gasteiger partial charge in [-0.25, -0.2) is 0 Å². The average Bonchev–Trinajstić information content (AvgIpc) is 2.09. The van der Waals surface area contributed by atoms with E-state index < -0.39 is 0 Å². The van der Waals surface area contributed by atoms with Gasteiger partial charge in [-0.2, -0.15) is 0 Å². The molecule has 12 heavy (non-hydrogen) atoms. The van der Waals surface area contributed by atoms with Crippen LogP contribution in [-0.4, -0.2) is 45.3 Å². The van der Waals surface area contributed by atoms with Gasteiger partial charge < -0.3 is 15.4 Å². The zero-order valence-corrected chi connectivity index (χ0v) is 8.38. The van der Waals surface area contributed by atoms with Crippen LogP contribution in [0.1, 0.15) is 19.3 Å². The van der Waals surface area contributed by atoms with Crippen molar-refractivity contribution in [2.75, 3.05) is 40.4 Å². The van der Waals surface area contributed by atoms with E-state index in [-0.39, 0.29) is 0 Å². The van der Waals surface area contributed by atoms with Crippen LogP contribution in [-0.2, 0) is 4.74 Å². The van der Waals surface area contributed by atoms with Gasteiger partial charge in [0.15, 0.2) is 0 Å². The van der Waals surface area contributed by atoms with E-state index in [0.29, 0.717) is 0 Å². The van der Waals surface area contributed by atoms with Gasteiger partial charge in [0, 0.05) is 13.7 Å². The molecule has 0 aliphatic carbocycles. The third kappa shape index (κ3) is 7.98. The molecule has 0 heterocycles. The van der Waals surface area contributed by atoms with Crippen LogP contribution >= 0.6 is 0 Å². The minimum absolute atomic E-state index is 0.794. The Labute approximate surface area is 75.9 Å². The summed E-state index contributed by atoms with van der Waals surface area (Å²) in [6.07, 6.45) is 3.47. The number of hydrogen-bond donors (Lipinski definition) is 1. The molecule has 0 radical (unpaired) electrons. The Balaban J connectivity index is 3.02. The lowest BCUT2D eigenvalue weighted by molar-refractivity contribution is 0.187. The van der Waals surface area contributed by atoms with Crippen molar-refractivity contribution in [3.8, 4) is 0 Å². The first-order valence-electron chi connectivity index (χ1n) is 4.68. The molecule has 0 amide bonds. The first-order valence-corrected chi connectivity index (χ1v) is 4.68. The summed E-state index contributed by atoms with van der Waals surface area (Å²) in [5.74, 6) is 0. The van der Waals surface area contributed by atoms with Gasteiger partial charge in [-0.05, 0) is 45.9 Å². The summed E-state index contributed by atoms with van der Waals surface area (Å²) < 4.78 is 4.97. The lowest BCUT2D eigenvalue weighted by atomic mass is 10.3. The number of methoxy groups -OCH3 is 1. The molecule has 0 unspecified atom stereocenters. The summed E-state index contributed by atoms with van der Waals surface area (Å²) >= 11 is 0. The van der Waals surface area contributed by atoms with Crippen LogP contribution in [0.25, 0.3) is 0 Å². The Morgan fingerprint density at radius 1 is 1.17 bits per heavy atom. The number of unbranched alkanes of at least 4 members (excludes halogenated alkanes) is 1. The van der Waals surface area contributed by atoms with Crippen LogP contribution in [0.2, 0.25) is 0 Å². The average molecular weight is 174 g/mol. The predicted molar refractivity (Wildman–Crippen MR) is 52.3 cm³/mol. The summed E-state index contributed by atoms with van der Waals surface area (Å²) in [5, 5.41) is 0. The molecule has 74 valence electrons. The molecule has 0 fully saturated rings. The van der Waals surface area contributed by atoms with Crippen molar-refractivity contribution < 1.29 is 4.74 Å². The molecule has 0 atom stereocenters. The van der Waals surface area contributed by atoms with Crippen LogP contribution in [0.15, 0.2) is 0 Å². The van der Waals surface area contributed by atoms with Gasteiger partial charge in [0.1, 0.15) is 0 Å². The fourth-order valence-corrected chi connectivity index (χ4v) is 1.10. The van der Waals surface area contributed by atoms with Crippen molar-refractivity contribution in [2.45, 2.75) is 19.3 Å². The largest absolute Gasteiger partial charge is 0.385 e. The number of nitrogens with zero attached hydrogens (tertiary/aromatic N) is 1. The van der Waals surface area contributed by atoms with E-state index in [4.69, 9.17) is 10.5 Å². The zero-order valence-electron chi connectivity index (χ0n) is 8.38. The maximum atomic E-state index is 5.41. The number of hydrogen-bond acceptors (Lipinski definition) is 3. The zero-order chi connectivity index (χ0) is 9.23. The summed E-state index contributed by atoms with van der Waals surface area (Å²) in [6.45, 7) is 3.94. The van der Waals surface area contributed by atoms with Crippen molar-refractivity contribution in [1.82, 2.24) is 4.90 Å². The quantitative estimate of drug-likeness (QED) is 0.550. The topological polar surface area (TPSA) is 38.5 Å². The van der Waals surface area contributed by atoms with Crippen molar-refractivity contribution in [1.29, 1.82) is 0 Å². The highest BCUT2D eigenvalue weighted by atomic mass is 16.5. The second-order valence-corrected chi connectivity index (χ2v) is 3.15. The van der Waals surface area contributed by atoms with E-state index in [1.165, 1.54) is 6.42 Å². The van der Waals surface area contributed by atoms with Crippen LogP contribution in [0.4, 0.5) is 0 Å². The molecule has 3 nitrogen and oxygen atoms in total.